The van der Waals surface area contributed by atoms with Crippen LogP contribution in [0, 0.1) is 11.3 Å². The van der Waals surface area contributed by atoms with E-state index in [1.165, 1.54) is 6.26 Å². The Morgan fingerprint density at radius 2 is 2.12 bits per heavy atom. The number of nitriles is 1. The molecule has 0 aliphatic carbocycles. The van der Waals surface area contributed by atoms with Crippen LogP contribution < -0.4 is 0 Å². The van der Waals surface area contributed by atoms with Crippen molar-refractivity contribution in [2.75, 3.05) is 6.61 Å². The highest BCUT2D eigenvalue weighted by Gasteiger charge is 2.11. The summed E-state index contributed by atoms with van der Waals surface area (Å²) in [6.45, 7) is 2.22. The largest absolute Gasteiger partial charge is 0.500 e. The zero-order valence-electron chi connectivity index (χ0n) is 8.74. The van der Waals surface area contributed by atoms with E-state index in [1.54, 1.807) is 31.2 Å². The van der Waals surface area contributed by atoms with E-state index in [9.17, 15) is 4.79 Å². The quantitative estimate of drug-likeness (QED) is 0.368. The van der Waals surface area contributed by atoms with Crippen molar-refractivity contribution in [1.82, 2.24) is 0 Å². The molecule has 0 saturated heterocycles. The summed E-state index contributed by atoms with van der Waals surface area (Å²) >= 11 is 3.27. The van der Waals surface area contributed by atoms with Gasteiger partial charge in [-0.1, -0.05) is 15.9 Å². The minimum absolute atomic E-state index is 0.00386. The van der Waals surface area contributed by atoms with Gasteiger partial charge in [0.25, 0.3) is 0 Å². The van der Waals surface area contributed by atoms with Gasteiger partial charge in [-0.05, 0) is 31.2 Å². The van der Waals surface area contributed by atoms with Crippen LogP contribution >= 0.6 is 15.9 Å². The molecule has 3 nitrogen and oxygen atoms in total. The van der Waals surface area contributed by atoms with Gasteiger partial charge in [0.1, 0.15) is 17.9 Å². The molecule has 1 aromatic rings. The predicted molar refractivity (Wildman–Crippen MR) is 63.8 cm³/mol. The summed E-state index contributed by atoms with van der Waals surface area (Å²) in [7, 11) is 0. The van der Waals surface area contributed by atoms with Crippen molar-refractivity contribution >= 4 is 21.7 Å². The van der Waals surface area contributed by atoms with Crippen molar-refractivity contribution in [3.63, 3.8) is 0 Å². The first-order valence-electron chi connectivity index (χ1n) is 4.71. The molecule has 0 aliphatic rings. The normalized spacial score (nSPS) is 10.7. The van der Waals surface area contributed by atoms with Crippen molar-refractivity contribution in [2.24, 2.45) is 0 Å². The Kier molecular flexibility index (Phi) is 4.74. The second-order valence-electron chi connectivity index (χ2n) is 2.93. The van der Waals surface area contributed by atoms with E-state index in [0.29, 0.717) is 12.2 Å². The zero-order chi connectivity index (χ0) is 12.0. The number of halogens is 1. The van der Waals surface area contributed by atoms with Crippen molar-refractivity contribution in [2.45, 2.75) is 6.92 Å². The van der Waals surface area contributed by atoms with Gasteiger partial charge in [-0.3, -0.25) is 4.79 Å². The molecule has 0 N–H and O–H groups in total. The molecule has 0 aliphatic heterocycles. The predicted octanol–water partition coefficient (Wildman–Crippen LogP) is 3.08. The number of allylic oxidation sites excluding steroid dienone is 1. The standard InChI is InChI=1S/C12H10BrNO2/c1-2-16-8-10(7-14)12(15)9-3-5-11(13)6-4-9/h3-6,8H,2H2,1H3/b10-8+. The van der Waals surface area contributed by atoms with Crippen molar-refractivity contribution in [3.05, 3.63) is 46.1 Å². The summed E-state index contributed by atoms with van der Waals surface area (Å²) in [6, 6.07) is 8.64. The molecule has 0 fully saturated rings. The van der Waals surface area contributed by atoms with E-state index in [2.05, 4.69) is 15.9 Å². The summed E-state index contributed by atoms with van der Waals surface area (Å²) in [5.74, 6) is -0.330. The SMILES string of the molecule is CCO/C=C(\C#N)C(=O)c1ccc(Br)cc1. The third-order valence-electron chi connectivity index (χ3n) is 1.84. The lowest BCUT2D eigenvalue weighted by Gasteiger charge is -2.00. The smallest absolute Gasteiger partial charge is 0.206 e. The van der Waals surface area contributed by atoms with Crippen molar-refractivity contribution < 1.29 is 9.53 Å². The van der Waals surface area contributed by atoms with Crippen LogP contribution in [0.1, 0.15) is 17.3 Å². The third-order valence-corrected chi connectivity index (χ3v) is 2.37. The lowest BCUT2D eigenvalue weighted by Crippen LogP contribution is -2.02. The van der Waals surface area contributed by atoms with Crippen LogP contribution in [0.15, 0.2) is 40.6 Å². The first-order valence-corrected chi connectivity index (χ1v) is 5.50. The Morgan fingerprint density at radius 3 is 2.62 bits per heavy atom. The van der Waals surface area contributed by atoms with E-state index < -0.39 is 0 Å². The molecule has 0 heterocycles. The second kappa shape index (κ2) is 6.09. The number of carbonyl (C=O) groups is 1. The summed E-state index contributed by atoms with van der Waals surface area (Å²) in [5, 5.41) is 8.81. The third kappa shape index (κ3) is 3.21. The van der Waals surface area contributed by atoms with Crippen LogP contribution in [-0.2, 0) is 4.74 Å². The summed E-state index contributed by atoms with van der Waals surface area (Å²) in [5.41, 5.74) is 0.472. The molecule has 0 unspecified atom stereocenters. The van der Waals surface area contributed by atoms with Gasteiger partial charge in [0.15, 0.2) is 0 Å². The molecule has 0 spiro atoms. The maximum Gasteiger partial charge on any atom is 0.206 e. The van der Waals surface area contributed by atoms with Crippen LogP contribution in [0.5, 0.6) is 0 Å². The molecule has 0 radical (unpaired) electrons. The van der Waals surface area contributed by atoms with Crippen molar-refractivity contribution in [1.29, 1.82) is 5.26 Å². The highest BCUT2D eigenvalue weighted by Crippen LogP contribution is 2.13. The molecule has 0 aromatic heterocycles. The van der Waals surface area contributed by atoms with E-state index in [1.807, 2.05) is 6.07 Å². The highest BCUT2D eigenvalue weighted by molar-refractivity contribution is 9.10. The summed E-state index contributed by atoms with van der Waals surface area (Å²) in [4.78, 5) is 11.8. The average molecular weight is 280 g/mol. The average Bonchev–Trinajstić information content (AvgIpc) is 2.30. The Balaban J connectivity index is 2.93. The van der Waals surface area contributed by atoms with Gasteiger partial charge in [-0.2, -0.15) is 5.26 Å². The number of ether oxygens (including phenoxy) is 1. The molecule has 0 atom stereocenters. The van der Waals surface area contributed by atoms with Crippen LogP contribution in [0.2, 0.25) is 0 Å². The van der Waals surface area contributed by atoms with Gasteiger partial charge in [0, 0.05) is 10.0 Å². The number of Topliss-reactive ketones (excluding diaryl/α,β-unsaturated/α-hetero) is 1. The molecule has 0 saturated carbocycles. The van der Waals surface area contributed by atoms with Gasteiger partial charge < -0.3 is 4.74 Å². The molecule has 82 valence electrons. The zero-order valence-corrected chi connectivity index (χ0v) is 10.3. The van der Waals surface area contributed by atoms with Crippen LogP contribution in [0.3, 0.4) is 0 Å². The fourth-order valence-corrected chi connectivity index (χ4v) is 1.32. The monoisotopic (exact) mass is 279 g/mol. The summed E-state index contributed by atoms with van der Waals surface area (Å²) in [6.07, 6.45) is 1.20. The maximum atomic E-state index is 11.8. The molecule has 0 amide bonds. The minimum atomic E-state index is -0.330. The number of hydrogen-bond acceptors (Lipinski definition) is 3. The topological polar surface area (TPSA) is 50.1 Å². The number of hydrogen-bond donors (Lipinski definition) is 0. The minimum Gasteiger partial charge on any atom is -0.500 e. The lowest BCUT2D eigenvalue weighted by molar-refractivity contribution is 0.103. The Morgan fingerprint density at radius 1 is 1.50 bits per heavy atom. The number of nitrogens with zero attached hydrogens (tertiary/aromatic N) is 1. The number of carbonyl (C=O) groups excluding carboxylic acids is 1. The Labute approximate surface area is 102 Å². The van der Waals surface area contributed by atoms with Crippen LogP contribution in [0.25, 0.3) is 0 Å². The Hall–Kier alpha value is -1.60. The van der Waals surface area contributed by atoms with Gasteiger partial charge in [0.2, 0.25) is 5.78 Å². The van der Waals surface area contributed by atoms with Gasteiger partial charge in [-0.25, -0.2) is 0 Å². The maximum absolute atomic E-state index is 11.8. The van der Waals surface area contributed by atoms with E-state index in [-0.39, 0.29) is 11.4 Å². The fraction of sp³-hybridized carbons (Fsp3) is 0.167. The molecule has 4 heteroatoms. The van der Waals surface area contributed by atoms with Crippen molar-refractivity contribution in [3.8, 4) is 6.07 Å². The van der Waals surface area contributed by atoms with Gasteiger partial charge in [0.05, 0.1) is 6.61 Å². The molecule has 0 bridgehead atoms. The molecular formula is C12H10BrNO2. The first kappa shape index (κ1) is 12.5. The lowest BCUT2D eigenvalue weighted by atomic mass is 10.1. The van der Waals surface area contributed by atoms with Gasteiger partial charge in [-0.15, -0.1) is 0 Å². The summed E-state index contributed by atoms with van der Waals surface area (Å²) < 4.78 is 5.82. The first-order chi connectivity index (χ1) is 7.69. The number of rotatable bonds is 4. The molecular weight excluding hydrogens is 270 g/mol. The van der Waals surface area contributed by atoms with E-state index in [4.69, 9.17) is 10.00 Å². The molecule has 16 heavy (non-hydrogen) atoms. The van der Waals surface area contributed by atoms with E-state index >= 15 is 0 Å². The fourth-order valence-electron chi connectivity index (χ4n) is 1.05. The van der Waals surface area contributed by atoms with Crippen LogP contribution in [-0.4, -0.2) is 12.4 Å². The van der Waals surface area contributed by atoms with E-state index in [0.717, 1.165) is 4.47 Å². The number of benzene rings is 1. The second-order valence-corrected chi connectivity index (χ2v) is 3.85. The molecule has 1 rings (SSSR count). The van der Waals surface area contributed by atoms with Crippen LogP contribution in [0.4, 0.5) is 0 Å². The highest BCUT2D eigenvalue weighted by atomic mass is 79.9. The number of ketones is 1. The van der Waals surface area contributed by atoms with Gasteiger partial charge >= 0.3 is 0 Å². The Bertz CT molecular complexity index is 443. The molecule has 1 aromatic carbocycles.